The summed E-state index contributed by atoms with van der Waals surface area (Å²) in [5, 5.41) is 9.80. The Morgan fingerprint density at radius 2 is 1.81 bits per heavy atom. The van der Waals surface area contributed by atoms with E-state index in [1.165, 1.54) is 5.56 Å². The molecule has 0 bridgehead atoms. The normalized spacial score (nSPS) is 13.0. The molecular formula is C14H22OS. The van der Waals surface area contributed by atoms with Gasteiger partial charge in [-0.3, -0.25) is 0 Å². The molecule has 0 aromatic heterocycles. The lowest BCUT2D eigenvalue weighted by atomic mass is 10.1. The summed E-state index contributed by atoms with van der Waals surface area (Å²) in [4.78, 5) is 0. The summed E-state index contributed by atoms with van der Waals surface area (Å²) in [5.41, 5.74) is 1.32. The Morgan fingerprint density at radius 3 is 2.44 bits per heavy atom. The van der Waals surface area contributed by atoms with Crippen molar-refractivity contribution in [3.63, 3.8) is 0 Å². The van der Waals surface area contributed by atoms with Crippen LogP contribution in [0.2, 0.25) is 0 Å². The van der Waals surface area contributed by atoms with Crippen LogP contribution in [-0.4, -0.2) is 22.7 Å². The van der Waals surface area contributed by atoms with E-state index in [0.717, 1.165) is 24.3 Å². The molecule has 1 N–H and O–H groups in total. The van der Waals surface area contributed by atoms with Gasteiger partial charge in [-0.1, -0.05) is 44.2 Å². The van der Waals surface area contributed by atoms with E-state index in [0.29, 0.717) is 5.92 Å². The predicted octanol–water partition coefficient (Wildman–Crippen LogP) is 3.37. The van der Waals surface area contributed by atoms with Crippen molar-refractivity contribution in [3.8, 4) is 0 Å². The van der Waals surface area contributed by atoms with Crippen molar-refractivity contribution in [2.45, 2.75) is 32.8 Å². The molecule has 1 atom stereocenters. The van der Waals surface area contributed by atoms with Gasteiger partial charge in [-0.15, -0.1) is 0 Å². The molecular weight excluding hydrogens is 216 g/mol. The Kier molecular flexibility index (Phi) is 6.58. The molecule has 0 fully saturated rings. The minimum Gasteiger partial charge on any atom is -0.392 e. The van der Waals surface area contributed by atoms with Crippen molar-refractivity contribution >= 4 is 11.8 Å². The Bertz CT molecular complexity index is 271. The summed E-state index contributed by atoms with van der Waals surface area (Å²) in [5.74, 6) is 2.72. The van der Waals surface area contributed by atoms with Gasteiger partial charge in [0.05, 0.1) is 6.10 Å². The number of thioether (sulfide) groups is 1. The molecule has 2 heteroatoms. The average Bonchev–Trinajstić information content (AvgIpc) is 2.27. The van der Waals surface area contributed by atoms with Gasteiger partial charge in [-0.25, -0.2) is 0 Å². The topological polar surface area (TPSA) is 20.2 Å². The van der Waals surface area contributed by atoms with Crippen LogP contribution in [-0.2, 0) is 6.42 Å². The molecule has 1 aromatic carbocycles. The molecule has 1 nitrogen and oxygen atoms in total. The monoisotopic (exact) mass is 238 g/mol. The molecule has 0 saturated carbocycles. The molecule has 0 aliphatic carbocycles. The largest absolute Gasteiger partial charge is 0.392 e. The van der Waals surface area contributed by atoms with Gasteiger partial charge in [0.2, 0.25) is 0 Å². The van der Waals surface area contributed by atoms with Gasteiger partial charge < -0.3 is 5.11 Å². The molecule has 0 aliphatic heterocycles. The number of aliphatic hydroxyl groups is 1. The van der Waals surface area contributed by atoms with E-state index in [-0.39, 0.29) is 6.10 Å². The highest BCUT2D eigenvalue weighted by Gasteiger charge is 2.05. The van der Waals surface area contributed by atoms with Crippen molar-refractivity contribution in [1.82, 2.24) is 0 Å². The van der Waals surface area contributed by atoms with Crippen LogP contribution in [0, 0.1) is 5.92 Å². The smallest absolute Gasteiger partial charge is 0.0633 e. The van der Waals surface area contributed by atoms with Crippen LogP contribution in [0.15, 0.2) is 30.3 Å². The first kappa shape index (κ1) is 13.6. The van der Waals surface area contributed by atoms with Crippen LogP contribution in [0.5, 0.6) is 0 Å². The molecule has 0 saturated heterocycles. The first-order valence-electron chi connectivity index (χ1n) is 5.98. The summed E-state index contributed by atoms with van der Waals surface area (Å²) < 4.78 is 0. The van der Waals surface area contributed by atoms with Crippen LogP contribution < -0.4 is 0 Å². The van der Waals surface area contributed by atoms with Crippen LogP contribution in [0.1, 0.15) is 25.8 Å². The fraction of sp³-hybridized carbons (Fsp3) is 0.571. The number of benzene rings is 1. The van der Waals surface area contributed by atoms with E-state index >= 15 is 0 Å². The molecule has 1 rings (SSSR count). The van der Waals surface area contributed by atoms with Crippen molar-refractivity contribution in [2.75, 3.05) is 11.5 Å². The Hall–Kier alpha value is -0.470. The highest BCUT2D eigenvalue weighted by Crippen LogP contribution is 2.12. The van der Waals surface area contributed by atoms with Crippen molar-refractivity contribution in [2.24, 2.45) is 5.92 Å². The fourth-order valence-electron chi connectivity index (χ4n) is 1.50. The van der Waals surface area contributed by atoms with Crippen LogP contribution in [0.3, 0.4) is 0 Å². The van der Waals surface area contributed by atoms with Crippen molar-refractivity contribution in [1.29, 1.82) is 0 Å². The van der Waals surface area contributed by atoms with Crippen LogP contribution >= 0.6 is 11.8 Å². The maximum Gasteiger partial charge on any atom is 0.0633 e. The summed E-state index contributed by atoms with van der Waals surface area (Å²) in [6, 6.07) is 10.4. The molecule has 0 heterocycles. The first-order chi connectivity index (χ1) is 7.68. The van der Waals surface area contributed by atoms with Gasteiger partial charge in [-0.2, -0.15) is 11.8 Å². The van der Waals surface area contributed by atoms with E-state index in [9.17, 15) is 5.11 Å². The third kappa shape index (κ3) is 6.19. The van der Waals surface area contributed by atoms with Gasteiger partial charge in [0.1, 0.15) is 0 Å². The second kappa shape index (κ2) is 7.75. The summed E-state index contributed by atoms with van der Waals surface area (Å²) in [6.45, 7) is 4.42. The third-order valence-electron chi connectivity index (χ3n) is 2.37. The SMILES string of the molecule is CC(C)CSCC(O)CCc1ccccc1. The summed E-state index contributed by atoms with van der Waals surface area (Å²) in [7, 11) is 0. The van der Waals surface area contributed by atoms with Crippen molar-refractivity contribution < 1.29 is 5.11 Å². The quantitative estimate of drug-likeness (QED) is 0.786. The second-order valence-corrected chi connectivity index (χ2v) is 5.68. The summed E-state index contributed by atoms with van der Waals surface area (Å²) in [6.07, 6.45) is 1.68. The van der Waals surface area contributed by atoms with Gasteiger partial charge >= 0.3 is 0 Å². The van der Waals surface area contributed by atoms with Gasteiger partial charge in [0, 0.05) is 5.75 Å². The second-order valence-electron chi connectivity index (χ2n) is 4.61. The van der Waals surface area contributed by atoms with E-state index < -0.39 is 0 Å². The number of aryl methyl sites for hydroxylation is 1. The molecule has 90 valence electrons. The van der Waals surface area contributed by atoms with Gasteiger partial charge in [-0.05, 0) is 30.1 Å². The maximum absolute atomic E-state index is 9.80. The Labute approximate surface area is 103 Å². The van der Waals surface area contributed by atoms with Crippen LogP contribution in [0.25, 0.3) is 0 Å². The maximum atomic E-state index is 9.80. The molecule has 1 aromatic rings. The van der Waals surface area contributed by atoms with Crippen molar-refractivity contribution in [3.05, 3.63) is 35.9 Å². The number of hydrogen-bond donors (Lipinski definition) is 1. The summed E-state index contributed by atoms with van der Waals surface area (Å²) >= 11 is 1.85. The van der Waals surface area contributed by atoms with E-state index in [2.05, 4.69) is 38.1 Å². The zero-order valence-electron chi connectivity index (χ0n) is 10.2. The molecule has 0 radical (unpaired) electrons. The number of hydrogen-bond acceptors (Lipinski definition) is 2. The predicted molar refractivity (Wildman–Crippen MR) is 72.9 cm³/mol. The minimum absolute atomic E-state index is 0.163. The van der Waals surface area contributed by atoms with E-state index in [1.807, 2.05) is 17.8 Å². The highest BCUT2D eigenvalue weighted by molar-refractivity contribution is 7.99. The van der Waals surface area contributed by atoms with Crippen LogP contribution in [0.4, 0.5) is 0 Å². The van der Waals surface area contributed by atoms with E-state index in [4.69, 9.17) is 0 Å². The molecule has 1 unspecified atom stereocenters. The fourth-order valence-corrected chi connectivity index (χ4v) is 2.55. The van der Waals surface area contributed by atoms with Gasteiger partial charge in [0.15, 0.2) is 0 Å². The molecule has 0 spiro atoms. The minimum atomic E-state index is -0.163. The molecule has 0 aliphatic rings. The lowest BCUT2D eigenvalue weighted by Crippen LogP contribution is -2.12. The Balaban J connectivity index is 2.13. The third-order valence-corrected chi connectivity index (χ3v) is 3.89. The zero-order valence-corrected chi connectivity index (χ0v) is 11.0. The highest BCUT2D eigenvalue weighted by atomic mass is 32.2. The lowest BCUT2D eigenvalue weighted by Gasteiger charge is -2.11. The standard InChI is InChI=1S/C14H22OS/c1-12(2)10-16-11-14(15)9-8-13-6-4-3-5-7-13/h3-7,12,14-15H,8-11H2,1-2H3. The lowest BCUT2D eigenvalue weighted by molar-refractivity contribution is 0.189. The molecule has 16 heavy (non-hydrogen) atoms. The number of rotatable bonds is 7. The molecule has 0 amide bonds. The average molecular weight is 238 g/mol. The first-order valence-corrected chi connectivity index (χ1v) is 7.13. The Morgan fingerprint density at radius 1 is 1.12 bits per heavy atom. The van der Waals surface area contributed by atoms with Gasteiger partial charge in [0.25, 0.3) is 0 Å². The number of aliphatic hydroxyl groups excluding tert-OH is 1. The zero-order chi connectivity index (χ0) is 11.8. The van der Waals surface area contributed by atoms with E-state index in [1.54, 1.807) is 0 Å².